The molecule has 0 radical (unpaired) electrons. The van der Waals surface area contributed by atoms with Crippen LogP contribution in [0.2, 0.25) is 0 Å². The van der Waals surface area contributed by atoms with E-state index in [0.29, 0.717) is 17.0 Å². The van der Waals surface area contributed by atoms with Gasteiger partial charge in [-0.3, -0.25) is 0 Å². The minimum Gasteiger partial charge on any atom is -0.389 e. The van der Waals surface area contributed by atoms with Gasteiger partial charge in [-0.25, -0.2) is 8.42 Å². The van der Waals surface area contributed by atoms with Crippen LogP contribution in [-0.4, -0.2) is 43.7 Å². The van der Waals surface area contributed by atoms with Crippen molar-refractivity contribution in [2.24, 2.45) is 5.73 Å². The van der Waals surface area contributed by atoms with Gasteiger partial charge in [0.15, 0.2) is 9.84 Å². The highest BCUT2D eigenvalue weighted by Gasteiger charge is 2.16. The fourth-order valence-corrected chi connectivity index (χ4v) is 3.36. The molecule has 0 saturated carbocycles. The summed E-state index contributed by atoms with van der Waals surface area (Å²) in [5.41, 5.74) is 6.18. The van der Waals surface area contributed by atoms with E-state index in [1.807, 2.05) is 6.92 Å². The van der Waals surface area contributed by atoms with Crippen LogP contribution in [0.15, 0.2) is 29.2 Å². The summed E-state index contributed by atoms with van der Waals surface area (Å²) in [7, 11) is -3.25. The van der Waals surface area contributed by atoms with Crippen LogP contribution in [0.4, 0.5) is 0 Å². The third-order valence-corrected chi connectivity index (χ3v) is 5.11. The Morgan fingerprint density at radius 1 is 1.20 bits per heavy atom. The highest BCUT2D eigenvalue weighted by molar-refractivity contribution is 7.91. The third kappa shape index (κ3) is 4.85. The first-order valence-corrected chi connectivity index (χ1v) is 8.81. The van der Waals surface area contributed by atoms with Gasteiger partial charge in [0, 0.05) is 12.1 Å². The summed E-state index contributed by atoms with van der Waals surface area (Å²) in [6.45, 7) is 6.48. The summed E-state index contributed by atoms with van der Waals surface area (Å²) in [5, 5.41) is 0. The summed E-state index contributed by atoms with van der Waals surface area (Å²) in [5.74, 6) is 0.132. The van der Waals surface area contributed by atoms with Crippen molar-refractivity contribution in [2.75, 3.05) is 25.4 Å². The van der Waals surface area contributed by atoms with Crippen LogP contribution in [0.5, 0.6) is 0 Å². The molecule has 20 heavy (non-hydrogen) atoms. The second-order valence-electron chi connectivity index (χ2n) is 4.64. The number of nitrogens with zero attached hydrogens (tertiary/aromatic N) is 1. The standard InChI is InChI=1S/C14H22N2O2S2/c1-3-9-16(4-2)10-11-20(17,18)13-7-5-12(6-8-13)14(15)19/h5-8H,3-4,9-11H2,1-2H3,(H2,15,19). The van der Waals surface area contributed by atoms with Crippen LogP contribution in [0.3, 0.4) is 0 Å². The van der Waals surface area contributed by atoms with Gasteiger partial charge in [-0.1, -0.05) is 38.2 Å². The number of hydrogen-bond donors (Lipinski definition) is 1. The molecule has 0 aromatic heterocycles. The van der Waals surface area contributed by atoms with E-state index in [0.717, 1.165) is 19.5 Å². The zero-order valence-electron chi connectivity index (χ0n) is 12.0. The summed E-state index contributed by atoms with van der Waals surface area (Å²) >= 11 is 4.85. The smallest absolute Gasteiger partial charge is 0.179 e. The lowest BCUT2D eigenvalue weighted by molar-refractivity contribution is 0.305. The molecule has 0 saturated heterocycles. The molecule has 0 spiro atoms. The minimum absolute atomic E-state index is 0.132. The number of benzene rings is 1. The Kier molecular flexibility index (Phi) is 6.58. The van der Waals surface area contributed by atoms with Crippen LogP contribution in [-0.2, 0) is 9.84 Å². The molecular formula is C14H22N2O2S2. The number of rotatable bonds is 8. The van der Waals surface area contributed by atoms with Crippen molar-refractivity contribution < 1.29 is 8.42 Å². The molecule has 0 fully saturated rings. The van der Waals surface area contributed by atoms with E-state index in [4.69, 9.17) is 18.0 Å². The zero-order valence-corrected chi connectivity index (χ0v) is 13.6. The van der Waals surface area contributed by atoms with Crippen molar-refractivity contribution in [3.63, 3.8) is 0 Å². The van der Waals surface area contributed by atoms with E-state index in [-0.39, 0.29) is 10.7 Å². The predicted molar refractivity (Wildman–Crippen MR) is 86.8 cm³/mol. The van der Waals surface area contributed by atoms with Crippen LogP contribution in [0, 0.1) is 0 Å². The van der Waals surface area contributed by atoms with E-state index in [1.165, 1.54) is 0 Å². The Balaban J connectivity index is 2.75. The van der Waals surface area contributed by atoms with Crippen molar-refractivity contribution in [1.82, 2.24) is 4.90 Å². The molecule has 0 aliphatic rings. The Hall–Kier alpha value is -0.980. The van der Waals surface area contributed by atoms with Gasteiger partial charge in [-0.05, 0) is 31.6 Å². The van der Waals surface area contributed by atoms with E-state index in [9.17, 15) is 8.42 Å². The molecule has 6 heteroatoms. The predicted octanol–water partition coefficient (Wildman–Crippen LogP) is 1.83. The van der Waals surface area contributed by atoms with Gasteiger partial charge in [0.25, 0.3) is 0 Å². The van der Waals surface area contributed by atoms with E-state index >= 15 is 0 Å². The zero-order chi connectivity index (χ0) is 15.2. The van der Waals surface area contributed by atoms with Crippen LogP contribution >= 0.6 is 12.2 Å². The molecular weight excluding hydrogens is 292 g/mol. The molecule has 0 unspecified atom stereocenters. The SMILES string of the molecule is CCCN(CC)CCS(=O)(=O)c1ccc(C(N)=S)cc1. The monoisotopic (exact) mass is 314 g/mol. The van der Waals surface area contributed by atoms with Crippen molar-refractivity contribution in [1.29, 1.82) is 0 Å². The summed E-state index contributed by atoms with van der Waals surface area (Å²) in [6, 6.07) is 6.44. The largest absolute Gasteiger partial charge is 0.389 e. The number of nitrogens with two attached hydrogens (primary N) is 1. The molecule has 1 aromatic carbocycles. The molecule has 112 valence electrons. The molecule has 0 heterocycles. The second-order valence-corrected chi connectivity index (χ2v) is 7.19. The maximum Gasteiger partial charge on any atom is 0.179 e. The Labute approximate surface area is 126 Å². The molecule has 0 aliphatic heterocycles. The van der Waals surface area contributed by atoms with Crippen molar-refractivity contribution in [3.8, 4) is 0 Å². The lowest BCUT2D eigenvalue weighted by atomic mass is 10.2. The van der Waals surface area contributed by atoms with Crippen LogP contribution in [0.1, 0.15) is 25.8 Å². The van der Waals surface area contributed by atoms with Crippen molar-refractivity contribution >= 4 is 27.0 Å². The number of hydrogen-bond acceptors (Lipinski definition) is 4. The van der Waals surface area contributed by atoms with Gasteiger partial charge >= 0.3 is 0 Å². The maximum atomic E-state index is 12.2. The van der Waals surface area contributed by atoms with Crippen LogP contribution in [0.25, 0.3) is 0 Å². The van der Waals surface area contributed by atoms with Gasteiger partial charge in [-0.2, -0.15) is 0 Å². The Bertz CT molecular complexity index is 539. The molecule has 1 rings (SSSR count). The third-order valence-electron chi connectivity index (χ3n) is 3.16. The first-order valence-electron chi connectivity index (χ1n) is 6.75. The van der Waals surface area contributed by atoms with E-state index < -0.39 is 9.84 Å². The molecule has 0 atom stereocenters. The summed E-state index contributed by atoms with van der Waals surface area (Å²) in [6.07, 6.45) is 1.02. The molecule has 0 aliphatic carbocycles. The molecule has 0 bridgehead atoms. The number of sulfone groups is 1. The minimum atomic E-state index is -3.25. The Morgan fingerprint density at radius 3 is 2.25 bits per heavy atom. The maximum absolute atomic E-state index is 12.2. The van der Waals surface area contributed by atoms with Gasteiger partial charge < -0.3 is 10.6 Å². The average molecular weight is 314 g/mol. The van der Waals surface area contributed by atoms with Crippen LogP contribution < -0.4 is 5.73 Å². The number of thiocarbonyl (C=S) groups is 1. The first kappa shape index (κ1) is 17.1. The molecule has 4 nitrogen and oxygen atoms in total. The lowest BCUT2D eigenvalue weighted by Crippen LogP contribution is -2.30. The normalized spacial score (nSPS) is 11.8. The van der Waals surface area contributed by atoms with Crippen molar-refractivity contribution in [2.45, 2.75) is 25.2 Å². The lowest BCUT2D eigenvalue weighted by Gasteiger charge is -2.19. The summed E-state index contributed by atoms with van der Waals surface area (Å²) in [4.78, 5) is 2.74. The fraction of sp³-hybridized carbons (Fsp3) is 0.500. The van der Waals surface area contributed by atoms with Crippen molar-refractivity contribution in [3.05, 3.63) is 29.8 Å². The van der Waals surface area contributed by atoms with Gasteiger partial charge in [-0.15, -0.1) is 0 Å². The molecule has 2 N–H and O–H groups in total. The van der Waals surface area contributed by atoms with E-state index in [2.05, 4.69) is 11.8 Å². The van der Waals surface area contributed by atoms with Gasteiger partial charge in [0.1, 0.15) is 4.99 Å². The summed E-state index contributed by atoms with van der Waals surface area (Å²) < 4.78 is 24.5. The van der Waals surface area contributed by atoms with Gasteiger partial charge in [0.05, 0.1) is 10.6 Å². The Morgan fingerprint density at radius 2 is 1.80 bits per heavy atom. The molecule has 0 amide bonds. The fourth-order valence-electron chi connectivity index (χ4n) is 1.94. The first-order chi connectivity index (χ1) is 9.40. The highest BCUT2D eigenvalue weighted by atomic mass is 32.2. The quantitative estimate of drug-likeness (QED) is 0.742. The highest BCUT2D eigenvalue weighted by Crippen LogP contribution is 2.13. The van der Waals surface area contributed by atoms with Gasteiger partial charge in [0.2, 0.25) is 0 Å². The average Bonchev–Trinajstić information content (AvgIpc) is 2.43. The molecule has 1 aromatic rings. The second kappa shape index (κ2) is 7.71. The topological polar surface area (TPSA) is 63.4 Å². The van der Waals surface area contributed by atoms with E-state index in [1.54, 1.807) is 24.3 Å².